The van der Waals surface area contributed by atoms with E-state index in [-0.39, 0.29) is 37.4 Å². The van der Waals surface area contributed by atoms with Gasteiger partial charge < -0.3 is 34.3 Å². The number of aliphatic hydroxyl groups excluding tert-OH is 3. The molecule has 1 aromatic carbocycles. The van der Waals surface area contributed by atoms with E-state index in [9.17, 15) is 24.9 Å². The Morgan fingerprint density at radius 2 is 1.78 bits per heavy atom. The molecule has 0 aromatic heterocycles. The summed E-state index contributed by atoms with van der Waals surface area (Å²) in [5.41, 5.74) is 0.426. The molecule has 0 bridgehead atoms. The first-order valence-corrected chi connectivity index (χ1v) is 13.6. The van der Waals surface area contributed by atoms with E-state index in [1.54, 1.807) is 24.3 Å². The molecule has 10 heteroatoms. The maximum Gasteiger partial charge on any atom is 0.338 e. The average Bonchev–Trinajstić information content (AvgIpc) is 3.18. The summed E-state index contributed by atoms with van der Waals surface area (Å²) in [6.45, 7) is 3.82. The summed E-state index contributed by atoms with van der Waals surface area (Å²) in [6.07, 6.45) is -3.59. The Hall–Kier alpha value is -1.66. The van der Waals surface area contributed by atoms with Gasteiger partial charge in [0.15, 0.2) is 0 Å². The maximum absolute atomic E-state index is 12.8. The quantitative estimate of drug-likeness (QED) is 0.336. The zero-order chi connectivity index (χ0) is 26.5. The molecule has 37 heavy (non-hydrogen) atoms. The van der Waals surface area contributed by atoms with Crippen LogP contribution in [0, 0.1) is 0 Å². The number of esters is 1. The second-order valence-electron chi connectivity index (χ2n) is 9.97. The van der Waals surface area contributed by atoms with Crippen molar-refractivity contribution in [1.29, 1.82) is 0 Å². The zero-order valence-corrected chi connectivity index (χ0v) is 22.2. The first-order valence-electron chi connectivity index (χ1n) is 12.8. The Labute approximate surface area is 224 Å². The first kappa shape index (κ1) is 28.4. The van der Waals surface area contributed by atoms with Crippen molar-refractivity contribution in [2.24, 2.45) is 0 Å². The first-order chi connectivity index (χ1) is 17.8. The Morgan fingerprint density at radius 3 is 2.49 bits per heavy atom. The number of carbonyl (C=O) groups excluding carboxylic acids is 2. The molecule has 0 spiro atoms. The van der Waals surface area contributed by atoms with Gasteiger partial charge in [-0.05, 0) is 42.3 Å². The van der Waals surface area contributed by atoms with Crippen LogP contribution in [-0.2, 0) is 23.7 Å². The van der Waals surface area contributed by atoms with Gasteiger partial charge in [0.25, 0.3) is 0 Å². The molecule has 204 valence electrons. The standard InChI is InChI=1S/C27H35BrO9/c1-15(28)13-19(35-27(33)16-5-3-2-4-6-16)8-7-17(30)14-21-22(31)25-26(37-21)23(32)24-20(36-25)10-9-18(34-24)11-12-29/h2-6,18-26,29,31-32H,1,7-14H2/t18?,19?,20?,21?,22-,23-,24-,25-,26-/m0/s1. The molecule has 3 heterocycles. The van der Waals surface area contributed by atoms with Crippen LogP contribution in [0.15, 0.2) is 41.4 Å². The number of fused-ring (bicyclic) bond motifs is 2. The van der Waals surface area contributed by atoms with Crippen LogP contribution in [0.25, 0.3) is 0 Å². The fourth-order valence-electron chi connectivity index (χ4n) is 5.34. The van der Waals surface area contributed by atoms with Crippen LogP contribution in [0.3, 0.4) is 0 Å². The summed E-state index contributed by atoms with van der Waals surface area (Å²) < 4.78 is 24.2. The van der Waals surface area contributed by atoms with E-state index in [1.165, 1.54) is 0 Å². The van der Waals surface area contributed by atoms with Gasteiger partial charge in [-0.15, -0.1) is 0 Å². The molecule has 0 radical (unpaired) electrons. The van der Waals surface area contributed by atoms with Gasteiger partial charge in [0.2, 0.25) is 0 Å². The molecule has 3 aliphatic heterocycles. The molecule has 9 nitrogen and oxygen atoms in total. The van der Waals surface area contributed by atoms with Crippen LogP contribution in [0.5, 0.6) is 0 Å². The minimum Gasteiger partial charge on any atom is -0.458 e. The molecule has 3 fully saturated rings. The summed E-state index contributed by atoms with van der Waals surface area (Å²) in [5, 5.41) is 31.0. The number of rotatable bonds is 11. The van der Waals surface area contributed by atoms with E-state index in [2.05, 4.69) is 22.5 Å². The van der Waals surface area contributed by atoms with Crippen molar-refractivity contribution in [3.8, 4) is 0 Å². The number of hydrogen-bond donors (Lipinski definition) is 3. The molecule has 0 saturated carbocycles. The topological polar surface area (TPSA) is 132 Å². The van der Waals surface area contributed by atoms with Crippen LogP contribution >= 0.6 is 15.9 Å². The third-order valence-corrected chi connectivity index (χ3v) is 7.55. The van der Waals surface area contributed by atoms with Crippen molar-refractivity contribution >= 4 is 27.7 Å². The van der Waals surface area contributed by atoms with Gasteiger partial charge in [0.05, 0.1) is 23.9 Å². The highest BCUT2D eigenvalue weighted by atomic mass is 79.9. The van der Waals surface area contributed by atoms with Gasteiger partial charge in [-0.1, -0.05) is 40.7 Å². The van der Waals surface area contributed by atoms with Crippen molar-refractivity contribution < 1.29 is 43.9 Å². The summed E-state index contributed by atoms with van der Waals surface area (Å²) in [4.78, 5) is 25.3. The highest BCUT2D eigenvalue weighted by Gasteiger charge is 2.56. The molecule has 1 aromatic rings. The maximum atomic E-state index is 12.8. The third kappa shape index (κ3) is 7.06. The van der Waals surface area contributed by atoms with Crippen molar-refractivity contribution in [3.63, 3.8) is 0 Å². The van der Waals surface area contributed by atoms with E-state index in [4.69, 9.17) is 18.9 Å². The number of hydrogen-bond acceptors (Lipinski definition) is 9. The molecule has 0 aliphatic carbocycles. The summed E-state index contributed by atoms with van der Waals surface area (Å²) in [6, 6.07) is 8.63. The molecule has 4 rings (SSSR count). The Balaban J connectivity index is 1.30. The van der Waals surface area contributed by atoms with Crippen molar-refractivity contribution in [2.45, 2.75) is 99.9 Å². The van der Waals surface area contributed by atoms with Gasteiger partial charge in [-0.2, -0.15) is 0 Å². The lowest BCUT2D eigenvalue weighted by molar-refractivity contribution is -0.260. The van der Waals surface area contributed by atoms with Crippen LogP contribution in [0.1, 0.15) is 55.3 Å². The second kappa shape index (κ2) is 12.9. The highest BCUT2D eigenvalue weighted by Crippen LogP contribution is 2.40. The van der Waals surface area contributed by atoms with Gasteiger partial charge in [0, 0.05) is 25.9 Å². The molecule has 3 aliphatic rings. The Kier molecular flexibility index (Phi) is 9.90. The summed E-state index contributed by atoms with van der Waals surface area (Å²) in [5.74, 6) is -0.628. The van der Waals surface area contributed by atoms with Crippen molar-refractivity contribution in [2.75, 3.05) is 6.61 Å². The van der Waals surface area contributed by atoms with E-state index in [1.807, 2.05) is 6.07 Å². The fraction of sp³-hybridized carbons (Fsp3) is 0.630. The van der Waals surface area contributed by atoms with Crippen LogP contribution in [-0.4, -0.2) is 88.6 Å². The Morgan fingerprint density at radius 1 is 1.05 bits per heavy atom. The van der Waals surface area contributed by atoms with Crippen LogP contribution in [0.2, 0.25) is 0 Å². The number of aliphatic hydroxyl groups is 3. The predicted molar refractivity (Wildman–Crippen MR) is 136 cm³/mol. The molecule has 0 amide bonds. The fourth-order valence-corrected chi connectivity index (χ4v) is 5.70. The molecule has 3 saturated heterocycles. The lowest BCUT2D eigenvalue weighted by atomic mass is 9.88. The lowest BCUT2D eigenvalue weighted by Crippen LogP contribution is -2.61. The van der Waals surface area contributed by atoms with Crippen molar-refractivity contribution in [3.05, 3.63) is 47.0 Å². The smallest absolute Gasteiger partial charge is 0.338 e. The monoisotopic (exact) mass is 582 g/mol. The predicted octanol–water partition coefficient (Wildman–Crippen LogP) is 2.44. The highest BCUT2D eigenvalue weighted by molar-refractivity contribution is 9.11. The largest absolute Gasteiger partial charge is 0.458 e. The van der Waals surface area contributed by atoms with Crippen LogP contribution in [0.4, 0.5) is 0 Å². The third-order valence-electron chi connectivity index (χ3n) is 7.22. The minimum absolute atomic E-state index is 0.000520. The lowest BCUT2D eigenvalue weighted by Gasteiger charge is -2.46. The normalized spacial score (nSPS) is 33.7. The number of halogens is 1. The van der Waals surface area contributed by atoms with Crippen molar-refractivity contribution in [1.82, 2.24) is 0 Å². The van der Waals surface area contributed by atoms with E-state index < -0.39 is 48.7 Å². The number of Topliss-reactive ketones (excluding diaryl/α,β-unsaturated/α-hetero) is 1. The summed E-state index contributed by atoms with van der Waals surface area (Å²) >= 11 is 3.30. The number of ether oxygens (including phenoxy) is 4. The molecule has 9 atom stereocenters. The average molecular weight is 583 g/mol. The van der Waals surface area contributed by atoms with Gasteiger partial charge in [-0.25, -0.2) is 4.79 Å². The zero-order valence-electron chi connectivity index (χ0n) is 20.6. The summed E-state index contributed by atoms with van der Waals surface area (Å²) in [7, 11) is 0. The number of carbonyl (C=O) groups is 2. The van der Waals surface area contributed by atoms with Gasteiger partial charge in [0.1, 0.15) is 42.4 Å². The van der Waals surface area contributed by atoms with E-state index in [0.717, 1.165) is 0 Å². The SMILES string of the molecule is C=C(Br)CC(CCC(=O)CC1O[C@H]2[C@@H](O)[C@H]3OC(CCO)CCC3O[C@H]2[C@H]1O)OC(=O)c1ccccc1. The van der Waals surface area contributed by atoms with E-state index in [0.29, 0.717) is 42.1 Å². The molecular formula is C27H35BrO9. The second-order valence-corrected chi connectivity index (χ2v) is 11.1. The number of ketones is 1. The van der Waals surface area contributed by atoms with Gasteiger partial charge >= 0.3 is 5.97 Å². The van der Waals surface area contributed by atoms with Gasteiger partial charge in [-0.3, -0.25) is 4.79 Å². The molecule has 3 N–H and O–H groups in total. The molecular weight excluding hydrogens is 548 g/mol. The minimum atomic E-state index is -1.06. The number of benzene rings is 1. The van der Waals surface area contributed by atoms with E-state index >= 15 is 0 Å². The van der Waals surface area contributed by atoms with Crippen LogP contribution < -0.4 is 0 Å². The molecule has 4 unspecified atom stereocenters. The Bertz CT molecular complexity index is 941.